The van der Waals surface area contributed by atoms with Crippen LogP contribution in [-0.2, 0) is 11.2 Å². The Morgan fingerprint density at radius 2 is 2.07 bits per heavy atom. The van der Waals surface area contributed by atoms with Gasteiger partial charge in [-0.05, 0) is 12.0 Å². The van der Waals surface area contributed by atoms with E-state index < -0.39 is 0 Å². The number of piperidine rings is 1. The van der Waals surface area contributed by atoms with Crippen LogP contribution < -0.4 is 5.32 Å². The lowest BCUT2D eigenvalue weighted by atomic mass is 9.91. The number of Topliss-reactive ketones (excluding diaryl/α,β-unsaturated/α-hetero) is 1. The van der Waals surface area contributed by atoms with Gasteiger partial charge in [0, 0.05) is 25.4 Å². The molecule has 0 spiro atoms. The van der Waals surface area contributed by atoms with Gasteiger partial charge in [-0.25, -0.2) is 0 Å². The minimum absolute atomic E-state index is 0.186. The van der Waals surface area contributed by atoms with Gasteiger partial charge in [0.05, 0.1) is 0 Å². The molecule has 1 atom stereocenters. The van der Waals surface area contributed by atoms with Crippen LogP contribution in [0.5, 0.6) is 0 Å². The molecule has 0 aliphatic carbocycles. The lowest BCUT2D eigenvalue weighted by Gasteiger charge is -2.21. The Hall–Kier alpha value is -1.15. The lowest BCUT2D eigenvalue weighted by molar-refractivity contribution is -0.123. The third-order valence-electron chi connectivity index (χ3n) is 2.72. The second kappa shape index (κ2) is 4.38. The third-order valence-corrected chi connectivity index (χ3v) is 2.72. The van der Waals surface area contributed by atoms with Crippen molar-refractivity contribution in [1.29, 1.82) is 0 Å². The number of carbonyl (C=O) groups excluding carboxylic acids is 1. The molecule has 1 aliphatic rings. The standard InChI is InChI=1S/C12H15NO/c14-12-6-7-13-9-11(12)8-10-4-2-1-3-5-10/h1-5,11,13H,6-9H2/t11-/m0/s1. The van der Waals surface area contributed by atoms with Gasteiger partial charge < -0.3 is 5.32 Å². The molecule has 1 heterocycles. The molecule has 0 saturated carbocycles. The van der Waals surface area contributed by atoms with Crippen LogP contribution in [0.1, 0.15) is 12.0 Å². The van der Waals surface area contributed by atoms with E-state index in [-0.39, 0.29) is 5.92 Å². The topological polar surface area (TPSA) is 29.1 Å². The van der Waals surface area contributed by atoms with Crippen LogP contribution in [-0.4, -0.2) is 18.9 Å². The highest BCUT2D eigenvalue weighted by Crippen LogP contribution is 2.13. The maximum Gasteiger partial charge on any atom is 0.138 e. The normalized spacial score (nSPS) is 22.3. The molecule has 1 aromatic rings. The van der Waals surface area contributed by atoms with Gasteiger partial charge in [0.1, 0.15) is 5.78 Å². The van der Waals surface area contributed by atoms with E-state index in [9.17, 15) is 4.79 Å². The highest BCUT2D eigenvalue weighted by atomic mass is 16.1. The minimum Gasteiger partial charge on any atom is -0.316 e. The maximum atomic E-state index is 11.6. The highest BCUT2D eigenvalue weighted by molar-refractivity contribution is 5.82. The summed E-state index contributed by atoms with van der Waals surface area (Å²) < 4.78 is 0. The van der Waals surface area contributed by atoms with Gasteiger partial charge in [-0.1, -0.05) is 30.3 Å². The summed E-state index contributed by atoms with van der Waals surface area (Å²) in [6.07, 6.45) is 1.57. The van der Waals surface area contributed by atoms with E-state index in [1.165, 1.54) is 5.56 Å². The molecule has 14 heavy (non-hydrogen) atoms. The predicted molar refractivity (Wildman–Crippen MR) is 56.1 cm³/mol. The quantitative estimate of drug-likeness (QED) is 0.762. The molecule has 74 valence electrons. The Morgan fingerprint density at radius 3 is 2.79 bits per heavy atom. The fraction of sp³-hybridized carbons (Fsp3) is 0.417. The minimum atomic E-state index is 0.186. The number of rotatable bonds is 2. The molecule has 1 aliphatic heterocycles. The van der Waals surface area contributed by atoms with Crippen LogP contribution in [0, 0.1) is 5.92 Å². The molecule has 0 amide bonds. The molecular formula is C12H15NO. The van der Waals surface area contributed by atoms with E-state index in [0.29, 0.717) is 12.2 Å². The second-order valence-corrected chi connectivity index (χ2v) is 3.81. The Balaban J connectivity index is 2.00. The van der Waals surface area contributed by atoms with Crippen LogP contribution in [0.2, 0.25) is 0 Å². The molecular weight excluding hydrogens is 174 g/mol. The van der Waals surface area contributed by atoms with E-state index in [4.69, 9.17) is 0 Å². The van der Waals surface area contributed by atoms with Crippen molar-refractivity contribution in [3.63, 3.8) is 0 Å². The first kappa shape index (κ1) is 9.41. The van der Waals surface area contributed by atoms with Crippen LogP contribution in [0.15, 0.2) is 30.3 Å². The van der Waals surface area contributed by atoms with E-state index in [2.05, 4.69) is 17.4 Å². The summed E-state index contributed by atoms with van der Waals surface area (Å²) in [5.41, 5.74) is 1.26. The van der Waals surface area contributed by atoms with E-state index >= 15 is 0 Å². The van der Waals surface area contributed by atoms with Crippen molar-refractivity contribution in [1.82, 2.24) is 5.32 Å². The smallest absolute Gasteiger partial charge is 0.138 e. The molecule has 1 aromatic carbocycles. The number of carbonyl (C=O) groups is 1. The van der Waals surface area contributed by atoms with Crippen LogP contribution in [0.25, 0.3) is 0 Å². The Bertz CT molecular complexity index is 307. The number of hydrogen-bond donors (Lipinski definition) is 1. The second-order valence-electron chi connectivity index (χ2n) is 3.81. The summed E-state index contributed by atoms with van der Waals surface area (Å²) in [5, 5.41) is 3.26. The molecule has 2 nitrogen and oxygen atoms in total. The van der Waals surface area contributed by atoms with Gasteiger partial charge in [-0.3, -0.25) is 4.79 Å². The van der Waals surface area contributed by atoms with Gasteiger partial charge in [-0.2, -0.15) is 0 Å². The fourth-order valence-corrected chi connectivity index (χ4v) is 1.89. The van der Waals surface area contributed by atoms with Gasteiger partial charge in [0.15, 0.2) is 0 Å². The van der Waals surface area contributed by atoms with Crippen molar-refractivity contribution in [2.45, 2.75) is 12.8 Å². The van der Waals surface area contributed by atoms with Crippen molar-refractivity contribution in [3.8, 4) is 0 Å². The Labute approximate surface area is 84.3 Å². The van der Waals surface area contributed by atoms with Crippen molar-refractivity contribution in [2.75, 3.05) is 13.1 Å². The summed E-state index contributed by atoms with van der Waals surface area (Å²) in [7, 11) is 0. The first-order chi connectivity index (χ1) is 6.86. The molecule has 2 rings (SSSR count). The monoisotopic (exact) mass is 189 g/mol. The van der Waals surface area contributed by atoms with E-state index in [1.54, 1.807) is 0 Å². The molecule has 1 saturated heterocycles. The summed E-state index contributed by atoms with van der Waals surface area (Å²) in [6.45, 7) is 1.69. The largest absolute Gasteiger partial charge is 0.316 e. The van der Waals surface area contributed by atoms with Gasteiger partial charge in [0.25, 0.3) is 0 Å². The zero-order chi connectivity index (χ0) is 9.80. The zero-order valence-corrected chi connectivity index (χ0v) is 8.20. The summed E-state index contributed by atoms with van der Waals surface area (Å²) in [5.74, 6) is 0.596. The predicted octanol–water partition coefficient (Wildman–Crippen LogP) is 1.41. The molecule has 1 fully saturated rings. The average Bonchev–Trinajstić information content (AvgIpc) is 2.23. The van der Waals surface area contributed by atoms with Crippen molar-refractivity contribution in [2.24, 2.45) is 5.92 Å². The number of nitrogens with one attached hydrogen (secondary N) is 1. The molecule has 0 bridgehead atoms. The number of benzene rings is 1. The first-order valence-electron chi connectivity index (χ1n) is 5.13. The Morgan fingerprint density at radius 1 is 1.29 bits per heavy atom. The first-order valence-corrected chi connectivity index (χ1v) is 5.13. The molecule has 1 N–H and O–H groups in total. The summed E-state index contributed by atoms with van der Waals surface area (Å²) in [4.78, 5) is 11.6. The van der Waals surface area contributed by atoms with E-state index in [0.717, 1.165) is 19.5 Å². The maximum absolute atomic E-state index is 11.6. The Kier molecular flexibility index (Phi) is 2.94. The third kappa shape index (κ3) is 2.20. The summed E-state index contributed by atoms with van der Waals surface area (Å²) >= 11 is 0. The van der Waals surface area contributed by atoms with Gasteiger partial charge in [-0.15, -0.1) is 0 Å². The van der Waals surface area contributed by atoms with Crippen LogP contribution in [0.4, 0.5) is 0 Å². The highest BCUT2D eigenvalue weighted by Gasteiger charge is 2.21. The van der Waals surface area contributed by atoms with Gasteiger partial charge in [0.2, 0.25) is 0 Å². The van der Waals surface area contributed by atoms with Crippen molar-refractivity contribution >= 4 is 5.78 Å². The molecule has 0 radical (unpaired) electrons. The molecule has 2 heteroatoms. The van der Waals surface area contributed by atoms with Crippen LogP contribution in [0.3, 0.4) is 0 Å². The summed E-state index contributed by atoms with van der Waals surface area (Å²) in [6, 6.07) is 10.2. The average molecular weight is 189 g/mol. The number of ketones is 1. The van der Waals surface area contributed by atoms with Crippen LogP contribution >= 0.6 is 0 Å². The number of hydrogen-bond acceptors (Lipinski definition) is 2. The SMILES string of the molecule is O=C1CCNC[C@@H]1Cc1ccccc1. The fourth-order valence-electron chi connectivity index (χ4n) is 1.89. The van der Waals surface area contributed by atoms with Gasteiger partial charge >= 0.3 is 0 Å². The van der Waals surface area contributed by atoms with E-state index in [1.807, 2.05) is 18.2 Å². The lowest BCUT2D eigenvalue weighted by Crippen LogP contribution is -2.37. The van der Waals surface area contributed by atoms with Crippen molar-refractivity contribution < 1.29 is 4.79 Å². The molecule has 0 unspecified atom stereocenters. The molecule has 0 aromatic heterocycles. The van der Waals surface area contributed by atoms with Crippen molar-refractivity contribution in [3.05, 3.63) is 35.9 Å². The zero-order valence-electron chi connectivity index (χ0n) is 8.20.